The number of hydrogen-bond acceptors (Lipinski definition) is 6. The van der Waals surface area contributed by atoms with Gasteiger partial charge in [-0.05, 0) is 66.4 Å². The van der Waals surface area contributed by atoms with E-state index in [1.54, 1.807) is 0 Å². The third-order valence-corrected chi connectivity index (χ3v) is 7.21. The molecule has 1 saturated carbocycles. The third-order valence-electron chi connectivity index (χ3n) is 7.21. The van der Waals surface area contributed by atoms with E-state index in [1.165, 1.54) is 16.7 Å². The van der Waals surface area contributed by atoms with E-state index in [1.807, 2.05) is 18.3 Å². The predicted octanol–water partition coefficient (Wildman–Crippen LogP) is 3.05. The van der Waals surface area contributed by atoms with Crippen molar-refractivity contribution < 1.29 is 5.11 Å². The van der Waals surface area contributed by atoms with Gasteiger partial charge in [-0.3, -0.25) is 5.43 Å². The number of rotatable bonds is 5. The third kappa shape index (κ3) is 3.87. The molecule has 3 aliphatic rings. The fourth-order valence-electron chi connectivity index (χ4n) is 5.59. The van der Waals surface area contributed by atoms with Gasteiger partial charge >= 0.3 is 0 Å². The molecule has 1 aromatic carbocycles. The molecule has 0 radical (unpaired) electrons. The number of nitriles is 1. The first-order chi connectivity index (χ1) is 15.2. The van der Waals surface area contributed by atoms with Crippen molar-refractivity contribution in [3.63, 3.8) is 0 Å². The zero-order valence-corrected chi connectivity index (χ0v) is 17.9. The minimum absolute atomic E-state index is 0.130. The smallest absolute Gasteiger partial charge is 0.125 e. The average molecular weight is 419 g/mol. The number of fused-ring (bicyclic) bond motifs is 1. The molecule has 0 amide bonds. The van der Waals surface area contributed by atoms with Crippen molar-refractivity contribution in [3.8, 4) is 11.8 Å². The van der Waals surface area contributed by atoms with E-state index in [2.05, 4.69) is 46.3 Å². The molecule has 31 heavy (non-hydrogen) atoms. The van der Waals surface area contributed by atoms with Crippen LogP contribution in [0.2, 0.25) is 0 Å². The zero-order valence-electron chi connectivity index (χ0n) is 17.9. The standard InChI is InChI=1S/C24H30N6O/c1-2-14-10-18(31)4-6-19(14)15-3-5-20-21(11-15)29-30-23(20)24-27-13-22(28-24)16-9-17(7-8-25)26-12-16/h4,6,9-10,13,15,17,20-21,23,26,29-31H,2-3,5,7,11-12H2,1H3,(H,27,28)/t15?,17-,20?,21?,23?/m1/s1. The van der Waals surface area contributed by atoms with Crippen molar-refractivity contribution in [2.75, 3.05) is 6.54 Å². The summed E-state index contributed by atoms with van der Waals surface area (Å²) in [6.45, 7) is 2.92. The highest BCUT2D eigenvalue weighted by molar-refractivity contribution is 5.66. The first-order valence-electron chi connectivity index (χ1n) is 11.4. The number of aromatic nitrogens is 2. The molecule has 1 aromatic heterocycles. The summed E-state index contributed by atoms with van der Waals surface area (Å²) >= 11 is 0. The number of H-pyrrole nitrogens is 1. The molecule has 0 spiro atoms. The van der Waals surface area contributed by atoms with E-state index in [-0.39, 0.29) is 12.1 Å². The van der Waals surface area contributed by atoms with Crippen LogP contribution in [-0.4, -0.2) is 33.7 Å². The lowest BCUT2D eigenvalue weighted by Gasteiger charge is -2.33. The Morgan fingerprint density at radius 3 is 3.00 bits per heavy atom. The molecule has 7 nitrogen and oxygen atoms in total. The number of phenolic OH excluding ortho intramolecular Hbond substituents is 1. The summed E-state index contributed by atoms with van der Waals surface area (Å²) in [6.07, 6.45) is 8.86. The van der Waals surface area contributed by atoms with Crippen LogP contribution in [0.25, 0.3) is 5.57 Å². The normalized spacial score (nSPS) is 30.1. The van der Waals surface area contributed by atoms with E-state index in [4.69, 9.17) is 10.2 Å². The molecule has 2 fully saturated rings. The highest BCUT2D eigenvalue weighted by atomic mass is 16.3. The summed E-state index contributed by atoms with van der Waals surface area (Å²) in [6, 6.07) is 8.79. The number of nitrogens with one attached hydrogen (secondary N) is 4. The summed E-state index contributed by atoms with van der Waals surface area (Å²) in [5.74, 6) is 2.36. The highest BCUT2D eigenvalue weighted by Gasteiger charge is 2.42. The van der Waals surface area contributed by atoms with Gasteiger partial charge in [0.15, 0.2) is 0 Å². The van der Waals surface area contributed by atoms with Gasteiger partial charge in [-0.2, -0.15) is 5.26 Å². The lowest BCUT2D eigenvalue weighted by molar-refractivity contribution is 0.276. The van der Waals surface area contributed by atoms with Crippen molar-refractivity contribution in [2.45, 2.75) is 63.1 Å². The number of aryl methyl sites for hydroxylation is 1. The van der Waals surface area contributed by atoms with Gasteiger partial charge in [0.2, 0.25) is 0 Å². The Kier molecular flexibility index (Phi) is 5.53. The molecular weight excluding hydrogens is 388 g/mol. The molecule has 3 heterocycles. The van der Waals surface area contributed by atoms with Gasteiger partial charge in [0.05, 0.1) is 30.4 Å². The van der Waals surface area contributed by atoms with Gasteiger partial charge in [0, 0.05) is 18.6 Å². The Bertz CT molecular complexity index is 1020. The summed E-state index contributed by atoms with van der Waals surface area (Å²) in [7, 11) is 0. The van der Waals surface area contributed by atoms with E-state index < -0.39 is 0 Å². The number of nitrogens with zero attached hydrogens (tertiary/aromatic N) is 2. The quantitative estimate of drug-likeness (QED) is 0.511. The molecule has 5 rings (SSSR count). The maximum Gasteiger partial charge on any atom is 0.125 e. The van der Waals surface area contributed by atoms with Crippen LogP contribution < -0.4 is 16.2 Å². The van der Waals surface area contributed by atoms with E-state index in [9.17, 15) is 5.11 Å². The van der Waals surface area contributed by atoms with Gasteiger partial charge in [-0.15, -0.1) is 0 Å². The Morgan fingerprint density at radius 2 is 2.16 bits per heavy atom. The molecule has 7 heteroatoms. The van der Waals surface area contributed by atoms with Crippen molar-refractivity contribution in [2.24, 2.45) is 5.92 Å². The lowest BCUT2D eigenvalue weighted by Crippen LogP contribution is -2.35. The molecule has 0 bridgehead atoms. The average Bonchev–Trinajstić information content (AvgIpc) is 3.52. The largest absolute Gasteiger partial charge is 0.508 e. The van der Waals surface area contributed by atoms with E-state index >= 15 is 0 Å². The lowest BCUT2D eigenvalue weighted by atomic mass is 9.73. The Balaban J connectivity index is 1.28. The maximum atomic E-state index is 9.84. The maximum absolute atomic E-state index is 9.84. The highest BCUT2D eigenvalue weighted by Crippen LogP contribution is 2.44. The predicted molar refractivity (Wildman–Crippen MR) is 119 cm³/mol. The van der Waals surface area contributed by atoms with Crippen molar-refractivity contribution in [3.05, 3.63) is 53.1 Å². The van der Waals surface area contributed by atoms with Crippen molar-refractivity contribution in [1.29, 1.82) is 5.26 Å². The minimum atomic E-state index is 0.130. The number of imidazole rings is 1. The molecule has 5 atom stereocenters. The van der Waals surface area contributed by atoms with Crippen molar-refractivity contribution in [1.82, 2.24) is 26.1 Å². The summed E-state index contributed by atoms with van der Waals surface area (Å²) < 4.78 is 0. The molecule has 2 aliphatic heterocycles. The summed E-state index contributed by atoms with van der Waals surface area (Å²) in [4.78, 5) is 8.23. The monoisotopic (exact) mass is 418 g/mol. The second-order valence-corrected chi connectivity index (χ2v) is 9.01. The van der Waals surface area contributed by atoms with Crippen LogP contribution in [0.3, 0.4) is 0 Å². The van der Waals surface area contributed by atoms with E-state index in [0.717, 1.165) is 43.7 Å². The van der Waals surface area contributed by atoms with Crippen LogP contribution in [0.5, 0.6) is 5.75 Å². The van der Waals surface area contributed by atoms with Crippen LogP contribution in [0, 0.1) is 17.2 Å². The fraction of sp³-hybridized carbons (Fsp3) is 0.500. The molecule has 5 N–H and O–H groups in total. The molecule has 2 aromatic rings. The number of hydrazine groups is 1. The van der Waals surface area contributed by atoms with Crippen LogP contribution in [-0.2, 0) is 6.42 Å². The molecule has 1 aliphatic carbocycles. The fourth-order valence-corrected chi connectivity index (χ4v) is 5.59. The number of hydrogen-bond donors (Lipinski definition) is 5. The topological polar surface area (TPSA) is 109 Å². The second kappa shape index (κ2) is 8.46. The van der Waals surface area contributed by atoms with Crippen LogP contribution in [0.4, 0.5) is 0 Å². The van der Waals surface area contributed by atoms with Gasteiger partial charge in [0.1, 0.15) is 11.6 Å². The zero-order chi connectivity index (χ0) is 21.4. The molecular formula is C24H30N6O. The van der Waals surface area contributed by atoms with Crippen LogP contribution in [0.1, 0.15) is 67.2 Å². The van der Waals surface area contributed by atoms with E-state index in [0.29, 0.717) is 30.0 Å². The molecule has 4 unspecified atom stereocenters. The Hall–Kier alpha value is -2.66. The summed E-state index contributed by atoms with van der Waals surface area (Å²) in [5.41, 5.74) is 11.9. The van der Waals surface area contributed by atoms with Gasteiger partial charge in [-0.1, -0.05) is 19.1 Å². The number of aromatic hydroxyl groups is 1. The van der Waals surface area contributed by atoms with Gasteiger partial charge in [-0.25, -0.2) is 10.4 Å². The SMILES string of the molecule is CCc1cc(O)ccc1C1CCC2C(C1)NNC2c1ncc(C2=C[C@@H](CC#N)NC2)[nH]1. The second-order valence-electron chi connectivity index (χ2n) is 9.01. The van der Waals surface area contributed by atoms with Gasteiger partial charge < -0.3 is 15.4 Å². The molecule has 162 valence electrons. The molecule has 1 saturated heterocycles. The Morgan fingerprint density at radius 1 is 1.26 bits per heavy atom. The first-order valence-corrected chi connectivity index (χ1v) is 11.4. The van der Waals surface area contributed by atoms with Gasteiger partial charge in [0.25, 0.3) is 0 Å². The first kappa shape index (κ1) is 20.3. The van der Waals surface area contributed by atoms with Crippen molar-refractivity contribution >= 4 is 5.57 Å². The number of benzene rings is 1. The minimum Gasteiger partial charge on any atom is -0.508 e. The number of phenols is 1. The van der Waals surface area contributed by atoms with Crippen LogP contribution >= 0.6 is 0 Å². The Labute approximate surface area is 182 Å². The number of aromatic amines is 1. The summed E-state index contributed by atoms with van der Waals surface area (Å²) in [5, 5.41) is 22.1. The van der Waals surface area contributed by atoms with Crippen LogP contribution in [0.15, 0.2) is 30.5 Å².